The Morgan fingerprint density at radius 3 is 2.45 bits per heavy atom. The molecule has 0 radical (unpaired) electrons. The highest BCUT2D eigenvalue weighted by atomic mass is 16.5. The molecule has 3 aliphatic rings. The van der Waals surface area contributed by atoms with Crippen LogP contribution >= 0.6 is 0 Å². The van der Waals surface area contributed by atoms with Crippen LogP contribution in [0, 0.1) is 18.8 Å². The van der Waals surface area contributed by atoms with Crippen molar-refractivity contribution in [1.82, 2.24) is 15.1 Å². The molecule has 3 fully saturated rings. The zero-order valence-electron chi connectivity index (χ0n) is 17.4. The summed E-state index contributed by atoms with van der Waals surface area (Å²) in [7, 11) is 0. The highest BCUT2D eigenvalue weighted by Crippen LogP contribution is 2.31. The first-order valence-corrected chi connectivity index (χ1v) is 11.0. The molecule has 1 atom stereocenters. The predicted octanol–water partition coefficient (Wildman–Crippen LogP) is 2.07. The molecule has 4 rings (SSSR count). The summed E-state index contributed by atoms with van der Waals surface area (Å²) >= 11 is 0. The van der Waals surface area contributed by atoms with E-state index in [4.69, 9.17) is 4.74 Å². The van der Waals surface area contributed by atoms with E-state index in [0.29, 0.717) is 24.6 Å². The number of rotatable bonds is 7. The lowest BCUT2D eigenvalue weighted by molar-refractivity contribution is -0.149. The smallest absolute Gasteiger partial charge is 0.251 e. The number of morpholine rings is 1. The molecule has 1 saturated carbocycles. The fraction of sp³-hybridized carbons (Fsp3) is 0.652. The monoisotopic (exact) mass is 399 g/mol. The van der Waals surface area contributed by atoms with Crippen LogP contribution in [0.25, 0.3) is 0 Å². The summed E-state index contributed by atoms with van der Waals surface area (Å²) in [6, 6.07) is 7.53. The van der Waals surface area contributed by atoms with Gasteiger partial charge in [0.2, 0.25) is 5.91 Å². The summed E-state index contributed by atoms with van der Waals surface area (Å²) in [6.45, 7) is 7.52. The Labute approximate surface area is 173 Å². The number of aryl methyl sites for hydroxylation is 1. The van der Waals surface area contributed by atoms with Gasteiger partial charge in [-0.2, -0.15) is 0 Å². The fourth-order valence-electron chi connectivity index (χ4n) is 4.32. The van der Waals surface area contributed by atoms with Crippen molar-refractivity contribution in [2.45, 2.75) is 38.7 Å². The van der Waals surface area contributed by atoms with Gasteiger partial charge in [-0.05, 0) is 69.7 Å². The number of carbonyl (C=O) groups is 2. The first-order chi connectivity index (χ1) is 14.1. The SMILES string of the molecule is Cc1ccc(C(=O)NC[C@H]2CN(CC3CCN(CC4CC4)CC3)C(=O)CO2)cc1. The molecule has 0 bridgehead atoms. The van der Waals surface area contributed by atoms with E-state index in [-0.39, 0.29) is 24.5 Å². The second kappa shape index (κ2) is 9.26. The van der Waals surface area contributed by atoms with E-state index in [9.17, 15) is 9.59 Å². The van der Waals surface area contributed by atoms with Crippen molar-refractivity contribution >= 4 is 11.8 Å². The molecule has 1 aromatic rings. The second-order valence-electron chi connectivity index (χ2n) is 9.00. The van der Waals surface area contributed by atoms with Crippen LogP contribution in [0.2, 0.25) is 0 Å². The third-order valence-corrected chi connectivity index (χ3v) is 6.42. The summed E-state index contributed by atoms with van der Waals surface area (Å²) in [5.74, 6) is 1.50. The Hall–Kier alpha value is -1.92. The number of likely N-dealkylation sites (tertiary alicyclic amines) is 1. The Morgan fingerprint density at radius 1 is 1.07 bits per heavy atom. The maximum Gasteiger partial charge on any atom is 0.251 e. The van der Waals surface area contributed by atoms with Crippen LogP contribution in [0.3, 0.4) is 0 Å². The highest BCUT2D eigenvalue weighted by Gasteiger charge is 2.31. The standard InChI is InChI=1S/C23H33N3O3/c1-17-2-6-20(7-3-17)23(28)24-12-21-15-26(22(27)16-29-21)14-19-8-10-25(11-9-19)13-18-4-5-18/h2-3,6-7,18-19,21H,4-5,8-16H2,1H3,(H,24,28)/t21-/m0/s1. The Balaban J connectivity index is 1.21. The van der Waals surface area contributed by atoms with Gasteiger partial charge in [-0.25, -0.2) is 0 Å². The van der Waals surface area contributed by atoms with E-state index in [1.165, 1.54) is 32.2 Å². The minimum atomic E-state index is -0.142. The van der Waals surface area contributed by atoms with Crippen molar-refractivity contribution in [2.24, 2.45) is 11.8 Å². The van der Waals surface area contributed by atoms with E-state index in [1.54, 1.807) is 0 Å². The number of amides is 2. The van der Waals surface area contributed by atoms with Gasteiger partial charge in [0, 0.05) is 31.7 Å². The minimum Gasteiger partial charge on any atom is -0.365 e. The molecule has 158 valence electrons. The second-order valence-corrected chi connectivity index (χ2v) is 9.00. The molecule has 0 aromatic heterocycles. The van der Waals surface area contributed by atoms with Crippen LogP contribution in [0.5, 0.6) is 0 Å². The number of hydrogen-bond donors (Lipinski definition) is 1. The molecule has 1 aliphatic carbocycles. The molecule has 1 aromatic carbocycles. The summed E-state index contributed by atoms with van der Waals surface area (Å²) in [6.07, 6.45) is 5.02. The minimum absolute atomic E-state index is 0.0755. The van der Waals surface area contributed by atoms with Crippen LogP contribution in [-0.4, -0.2) is 73.6 Å². The first-order valence-electron chi connectivity index (χ1n) is 11.0. The fourth-order valence-corrected chi connectivity index (χ4v) is 4.32. The van der Waals surface area contributed by atoms with Gasteiger partial charge in [0.25, 0.3) is 5.91 Å². The number of benzene rings is 1. The average Bonchev–Trinajstić information content (AvgIpc) is 3.54. The largest absolute Gasteiger partial charge is 0.365 e. The van der Waals surface area contributed by atoms with Crippen LogP contribution in [-0.2, 0) is 9.53 Å². The molecule has 6 heteroatoms. The Bertz CT molecular complexity index is 709. The molecule has 2 saturated heterocycles. The maximum atomic E-state index is 12.3. The number of nitrogens with zero attached hydrogens (tertiary/aromatic N) is 2. The van der Waals surface area contributed by atoms with Gasteiger partial charge in [0.1, 0.15) is 6.61 Å². The summed E-state index contributed by atoms with van der Waals surface area (Å²) < 4.78 is 5.67. The molecule has 1 N–H and O–H groups in total. The van der Waals surface area contributed by atoms with Crippen LogP contribution < -0.4 is 5.32 Å². The summed E-state index contributed by atoms with van der Waals surface area (Å²) in [4.78, 5) is 29.2. The van der Waals surface area contributed by atoms with Crippen LogP contribution in [0.4, 0.5) is 0 Å². The van der Waals surface area contributed by atoms with E-state index in [1.807, 2.05) is 36.1 Å². The van der Waals surface area contributed by atoms with E-state index in [2.05, 4.69) is 10.2 Å². The molecule has 2 heterocycles. The third-order valence-electron chi connectivity index (χ3n) is 6.42. The molecule has 6 nitrogen and oxygen atoms in total. The van der Waals surface area contributed by atoms with Gasteiger partial charge in [-0.15, -0.1) is 0 Å². The molecule has 0 unspecified atom stereocenters. The number of carbonyl (C=O) groups excluding carboxylic acids is 2. The molecule has 2 aliphatic heterocycles. The lowest BCUT2D eigenvalue weighted by atomic mass is 9.95. The average molecular weight is 400 g/mol. The van der Waals surface area contributed by atoms with Crippen molar-refractivity contribution in [1.29, 1.82) is 0 Å². The molecular formula is C23H33N3O3. The number of nitrogens with one attached hydrogen (secondary N) is 1. The van der Waals surface area contributed by atoms with Crippen molar-refractivity contribution in [3.8, 4) is 0 Å². The molecule has 0 spiro atoms. The maximum absolute atomic E-state index is 12.3. The quantitative estimate of drug-likeness (QED) is 0.763. The number of hydrogen-bond acceptors (Lipinski definition) is 4. The predicted molar refractivity (Wildman–Crippen MR) is 112 cm³/mol. The topological polar surface area (TPSA) is 61.9 Å². The van der Waals surface area contributed by atoms with E-state index >= 15 is 0 Å². The zero-order chi connectivity index (χ0) is 20.2. The number of piperidine rings is 1. The zero-order valence-corrected chi connectivity index (χ0v) is 17.4. The van der Waals surface area contributed by atoms with Gasteiger partial charge in [-0.1, -0.05) is 17.7 Å². The van der Waals surface area contributed by atoms with Crippen LogP contribution in [0.1, 0.15) is 41.6 Å². The van der Waals surface area contributed by atoms with Crippen molar-refractivity contribution in [2.75, 3.05) is 45.9 Å². The normalized spacial score (nSPS) is 24.0. The summed E-state index contributed by atoms with van der Waals surface area (Å²) in [5, 5.41) is 2.95. The highest BCUT2D eigenvalue weighted by molar-refractivity contribution is 5.94. The van der Waals surface area contributed by atoms with E-state index < -0.39 is 0 Å². The Morgan fingerprint density at radius 2 is 1.76 bits per heavy atom. The van der Waals surface area contributed by atoms with Gasteiger partial charge >= 0.3 is 0 Å². The van der Waals surface area contributed by atoms with Crippen molar-refractivity contribution in [3.05, 3.63) is 35.4 Å². The van der Waals surface area contributed by atoms with Crippen LogP contribution in [0.15, 0.2) is 24.3 Å². The van der Waals surface area contributed by atoms with Crippen molar-refractivity contribution < 1.29 is 14.3 Å². The van der Waals surface area contributed by atoms with Crippen molar-refractivity contribution in [3.63, 3.8) is 0 Å². The Kier molecular flexibility index (Phi) is 6.50. The van der Waals surface area contributed by atoms with Gasteiger partial charge in [0.15, 0.2) is 0 Å². The van der Waals surface area contributed by atoms with Gasteiger partial charge in [-0.3, -0.25) is 9.59 Å². The third kappa shape index (κ3) is 5.80. The van der Waals surface area contributed by atoms with E-state index in [0.717, 1.165) is 31.1 Å². The van der Waals surface area contributed by atoms with Gasteiger partial charge < -0.3 is 19.9 Å². The number of ether oxygens (including phenoxy) is 1. The first kappa shape index (κ1) is 20.4. The molecule has 2 amide bonds. The molecular weight excluding hydrogens is 366 g/mol. The molecule has 29 heavy (non-hydrogen) atoms. The lowest BCUT2D eigenvalue weighted by Gasteiger charge is -2.38. The lowest BCUT2D eigenvalue weighted by Crippen LogP contribution is -2.52. The summed E-state index contributed by atoms with van der Waals surface area (Å²) in [5.41, 5.74) is 1.78. The van der Waals surface area contributed by atoms with Gasteiger partial charge in [0.05, 0.1) is 6.10 Å².